The number of anilines is 1. The van der Waals surface area contributed by atoms with Crippen molar-refractivity contribution < 1.29 is 22.4 Å². The highest BCUT2D eigenvalue weighted by atomic mass is 32.2. The minimum Gasteiger partial charge on any atom is -0.495 e. The number of nitrogens with one attached hydrogen (secondary N) is 1. The fraction of sp³-hybridized carbons (Fsp3) is 0.417. The zero-order valence-electron chi connectivity index (χ0n) is 19.7. The standard InChI is InChI=1S/C24H29N3O6S/c1-15-5-8-21(32-4)19(10-15)25-23(28)14-27-20-7-6-18(11-22(20)33-24(27)29)34(30,31)26-12-16(2)9-17(3)13-26/h5-8,10-11,16-17H,9,12-14H2,1-4H3,(H,25,28). The van der Waals surface area contributed by atoms with Crippen molar-refractivity contribution in [3.63, 3.8) is 0 Å². The fourth-order valence-electron chi connectivity index (χ4n) is 4.56. The number of benzene rings is 2. The third-order valence-corrected chi connectivity index (χ3v) is 7.87. The highest BCUT2D eigenvalue weighted by molar-refractivity contribution is 7.89. The second-order valence-electron chi connectivity index (χ2n) is 9.10. The first-order valence-corrected chi connectivity index (χ1v) is 12.6. The van der Waals surface area contributed by atoms with E-state index in [1.54, 1.807) is 12.1 Å². The molecule has 2 unspecified atom stereocenters. The van der Waals surface area contributed by atoms with E-state index in [0.29, 0.717) is 30.0 Å². The van der Waals surface area contributed by atoms with Gasteiger partial charge in [-0.3, -0.25) is 9.36 Å². The molecular formula is C24H29N3O6S. The van der Waals surface area contributed by atoms with Crippen molar-refractivity contribution in [2.75, 3.05) is 25.5 Å². The summed E-state index contributed by atoms with van der Waals surface area (Å²) in [4.78, 5) is 25.2. The molecule has 9 nitrogen and oxygen atoms in total. The lowest BCUT2D eigenvalue weighted by atomic mass is 9.94. The van der Waals surface area contributed by atoms with Gasteiger partial charge < -0.3 is 14.5 Å². The molecule has 3 aromatic rings. The van der Waals surface area contributed by atoms with Crippen LogP contribution in [0.15, 0.2) is 50.5 Å². The molecule has 1 fully saturated rings. The van der Waals surface area contributed by atoms with Crippen molar-refractivity contribution in [2.24, 2.45) is 11.8 Å². The van der Waals surface area contributed by atoms with Gasteiger partial charge in [0.05, 0.1) is 23.2 Å². The predicted octanol–water partition coefficient (Wildman–Crippen LogP) is 3.22. The van der Waals surface area contributed by atoms with Gasteiger partial charge >= 0.3 is 5.76 Å². The van der Waals surface area contributed by atoms with E-state index in [0.717, 1.165) is 12.0 Å². The number of hydrogen-bond donors (Lipinski definition) is 1. The van der Waals surface area contributed by atoms with Crippen LogP contribution in [0.3, 0.4) is 0 Å². The van der Waals surface area contributed by atoms with E-state index in [4.69, 9.17) is 9.15 Å². The summed E-state index contributed by atoms with van der Waals surface area (Å²) in [6.07, 6.45) is 0.985. The van der Waals surface area contributed by atoms with Gasteiger partial charge in [-0.1, -0.05) is 19.9 Å². The van der Waals surface area contributed by atoms with Crippen LogP contribution in [-0.2, 0) is 21.4 Å². The molecule has 0 spiro atoms. The molecule has 0 aliphatic carbocycles. The molecule has 2 atom stereocenters. The highest BCUT2D eigenvalue weighted by Crippen LogP contribution is 2.28. The summed E-state index contributed by atoms with van der Waals surface area (Å²) in [6, 6.07) is 9.69. The Labute approximate surface area is 198 Å². The monoisotopic (exact) mass is 487 g/mol. The number of aromatic nitrogens is 1. The van der Waals surface area contributed by atoms with Crippen molar-refractivity contribution in [2.45, 2.75) is 38.6 Å². The van der Waals surface area contributed by atoms with Gasteiger partial charge in [0, 0.05) is 19.2 Å². The minimum absolute atomic E-state index is 0.0659. The number of hydrogen-bond acceptors (Lipinski definition) is 6. The van der Waals surface area contributed by atoms with Crippen molar-refractivity contribution in [3.05, 3.63) is 52.5 Å². The molecule has 10 heteroatoms. The molecule has 1 aliphatic heterocycles. The average Bonchev–Trinajstić information content (AvgIpc) is 3.07. The number of methoxy groups -OCH3 is 1. The van der Waals surface area contributed by atoms with Crippen molar-refractivity contribution >= 4 is 32.7 Å². The van der Waals surface area contributed by atoms with E-state index >= 15 is 0 Å². The number of amides is 1. The number of aryl methyl sites for hydroxylation is 1. The number of carbonyl (C=O) groups is 1. The topological polar surface area (TPSA) is 111 Å². The molecule has 1 amide bonds. The first-order chi connectivity index (χ1) is 16.1. The molecule has 0 saturated carbocycles. The normalized spacial score (nSPS) is 19.3. The van der Waals surface area contributed by atoms with Crippen LogP contribution in [-0.4, -0.2) is 43.4 Å². The SMILES string of the molecule is COc1ccc(C)cc1NC(=O)Cn1c(=O)oc2cc(S(=O)(=O)N3CC(C)CC(C)C3)ccc21. The molecule has 1 aliphatic rings. The van der Waals surface area contributed by atoms with Crippen LogP contribution in [0.2, 0.25) is 0 Å². The first-order valence-electron chi connectivity index (χ1n) is 11.2. The fourth-order valence-corrected chi connectivity index (χ4v) is 6.26. The second kappa shape index (κ2) is 9.27. The van der Waals surface area contributed by atoms with Gasteiger partial charge in [0.15, 0.2) is 5.58 Å². The van der Waals surface area contributed by atoms with Gasteiger partial charge in [-0.2, -0.15) is 4.31 Å². The Morgan fingerprint density at radius 1 is 1.15 bits per heavy atom. The van der Waals surface area contributed by atoms with Gasteiger partial charge in [-0.25, -0.2) is 13.2 Å². The molecular weight excluding hydrogens is 458 g/mol. The van der Waals surface area contributed by atoms with Crippen LogP contribution in [0, 0.1) is 18.8 Å². The summed E-state index contributed by atoms with van der Waals surface area (Å²) in [5, 5.41) is 2.75. The number of rotatable bonds is 6. The Morgan fingerprint density at radius 3 is 2.53 bits per heavy atom. The van der Waals surface area contributed by atoms with Gasteiger partial charge in [-0.15, -0.1) is 0 Å². The van der Waals surface area contributed by atoms with Crippen molar-refractivity contribution in [1.82, 2.24) is 8.87 Å². The quantitative estimate of drug-likeness (QED) is 0.572. The van der Waals surface area contributed by atoms with Crippen LogP contribution in [0.5, 0.6) is 5.75 Å². The summed E-state index contributed by atoms with van der Waals surface area (Å²) in [6.45, 7) is 6.59. The van der Waals surface area contributed by atoms with Crippen LogP contribution >= 0.6 is 0 Å². The van der Waals surface area contributed by atoms with Crippen LogP contribution < -0.4 is 15.8 Å². The van der Waals surface area contributed by atoms with E-state index in [9.17, 15) is 18.0 Å². The van der Waals surface area contributed by atoms with E-state index in [1.807, 2.05) is 26.8 Å². The molecule has 0 bridgehead atoms. The average molecular weight is 488 g/mol. The molecule has 1 saturated heterocycles. The molecule has 182 valence electrons. The largest absolute Gasteiger partial charge is 0.495 e. The lowest BCUT2D eigenvalue weighted by molar-refractivity contribution is -0.116. The van der Waals surface area contributed by atoms with Crippen LogP contribution in [0.4, 0.5) is 5.69 Å². The smallest absolute Gasteiger partial charge is 0.420 e. The number of oxazole rings is 1. The Bertz CT molecular complexity index is 1380. The maximum atomic E-state index is 13.2. The number of sulfonamides is 1. The van der Waals surface area contributed by atoms with E-state index < -0.39 is 21.7 Å². The Morgan fingerprint density at radius 2 is 1.85 bits per heavy atom. The second-order valence-corrected chi connectivity index (χ2v) is 11.0. The Balaban J connectivity index is 1.59. The molecule has 34 heavy (non-hydrogen) atoms. The summed E-state index contributed by atoms with van der Waals surface area (Å²) < 4.78 is 39.7. The maximum absolute atomic E-state index is 13.2. The van der Waals surface area contributed by atoms with Crippen LogP contribution in [0.1, 0.15) is 25.8 Å². The van der Waals surface area contributed by atoms with Gasteiger partial charge in [0.2, 0.25) is 15.9 Å². The van der Waals surface area contributed by atoms with E-state index in [-0.39, 0.29) is 28.9 Å². The van der Waals surface area contributed by atoms with Crippen molar-refractivity contribution in [1.29, 1.82) is 0 Å². The van der Waals surface area contributed by atoms with E-state index in [2.05, 4.69) is 5.32 Å². The van der Waals surface area contributed by atoms with Crippen molar-refractivity contribution in [3.8, 4) is 5.75 Å². The van der Waals surface area contributed by atoms with Gasteiger partial charge in [-0.05, 0) is 55.0 Å². The summed E-state index contributed by atoms with van der Waals surface area (Å²) >= 11 is 0. The maximum Gasteiger partial charge on any atom is 0.420 e. The molecule has 2 heterocycles. The zero-order valence-corrected chi connectivity index (χ0v) is 20.5. The number of nitrogens with zero attached hydrogens (tertiary/aromatic N) is 2. The van der Waals surface area contributed by atoms with Crippen LogP contribution in [0.25, 0.3) is 11.1 Å². The Kier molecular flexibility index (Phi) is 6.55. The molecule has 0 radical (unpaired) electrons. The van der Waals surface area contributed by atoms with E-state index in [1.165, 1.54) is 34.2 Å². The third-order valence-electron chi connectivity index (χ3n) is 6.04. The van der Waals surface area contributed by atoms with Gasteiger partial charge in [0.1, 0.15) is 12.3 Å². The van der Waals surface area contributed by atoms with Gasteiger partial charge in [0.25, 0.3) is 0 Å². The predicted molar refractivity (Wildman–Crippen MR) is 129 cm³/mol. The first kappa shape index (κ1) is 24.0. The molecule has 2 aromatic carbocycles. The Hall–Kier alpha value is -3.11. The lowest BCUT2D eigenvalue weighted by Gasteiger charge is -2.34. The highest BCUT2D eigenvalue weighted by Gasteiger charge is 2.32. The molecule has 1 N–H and O–H groups in total. The number of ether oxygens (including phenoxy) is 1. The zero-order chi connectivity index (χ0) is 24.6. The summed E-state index contributed by atoms with van der Waals surface area (Å²) in [5.41, 5.74) is 1.89. The third kappa shape index (κ3) is 4.74. The number of carbonyl (C=O) groups excluding carboxylic acids is 1. The lowest BCUT2D eigenvalue weighted by Crippen LogP contribution is -2.42. The summed E-state index contributed by atoms with van der Waals surface area (Å²) in [7, 11) is -2.22. The minimum atomic E-state index is -3.73. The number of piperidine rings is 1. The summed E-state index contributed by atoms with van der Waals surface area (Å²) in [5.74, 6) is -0.143. The molecule has 1 aromatic heterocycles. The molecule has 4 rings (SSSR count). The number of fused-ring (bicyclic) bond motifs is 1.